The van der Waals surface area contributed by atoms with E-state index in [1.165, 1.54) is 25.3 Å². The first-order valence-corrected chi connectivity index (χ1v) is 6.55. The normalized spacial score (nSPS) is 12.9. The van der Waals surface area contributed by atoms with Gasteiger partial charge >= 0.3 is 0 Å². The van der Waals surface area contributed by atoms with Gasteiger partial charge in [0.15, 0.2) is 11.6 Å². The molecule has 0 aliphatic carbocycles. The molecule has 1 rings (SSSR count). The van der Waals surface area contributed by atoms with E-state index < -0.39 is 5.82 Å². The number of rotatable bonds is 5. The zero-order valence-corrected chi connectivity index (χ0v) is 12.4. The largest absolute Gasteiger partial charge is 0.494 e. The third-order valence-corrected chi connectivity index (χ3v) is 3.18. The summed E-state index contributed by atoms with van der Waals surface area (Å²) in [7, 11) is 1.35. The van der Waals surface area contributed by atoms with Crippen LogP contribution in [0.3, 0.4) is 0 Å². The number of aliphatic hydroxyl groups excluding tert-OH is 1. The number of methoxy groups -OCH3 is 1. The van der Waals surface area contributed by atoms with E-state index in [2.05, 4.69) is 5.32 Å². The molecule has 112 valence electrons. The molecule has 1 aromatic carbocycles. The van der Waals surface area contributed by atoms with E-state index in [1.54, 1.807) is 0 Å². The third kappa shape index (κ3) is 4.20. The molecule has 4 nitrogen and oxygen atoms in total. The molecule has 0 saturated carbocycles. The maximum absolute atomic E-state index is 13.3. The van der Waals surface area contributed by atoms with Crippen molar-refractivity contribution in [3.63, 3.8) is 0 Å². The van der Waals surface area contributed by atoms with Crippen LogP contribution in [0.1, 0.15) is 37.6 Å². The molecule has 0 fully saturated rings. The smallest absolute Gasteiger partial charge is 0.251 e. The van der Waals surface area contributed by atoms with Gasteiger partial charge in [-0.25, -0.2) is 4.39 Å². The Kier molecular flexibility index (Phi) is 5.51. The van der Waals surface area contributed by atoms with Crippen molar-refractivity contribution in [1.82, 2.24) is 5.32 Å². The first-order chi connectivity index (χ1) is 9.29. The Bertz CT molecular complexity index is 469. The molecule has 0 aliphatic heterocycles. The van der Waals surface area contributed by atoms with E-state index in [-0.39, 0.29) is 29.7 Å². The number of amides is 1. The van der Waals surface area contributed by atoms with E-state index in [0.29, 0.717) is 12.0 Å². The number of halogens is 1. The SMILES string of the molecule is COc1cc(C(=O)NC(CCO)C(C)(C)C)ccc1F. The molecule has 1 unspecified atom stereocenters. The fraction of sp³-hybridized carbons (Fsp3) is 0.533. The Morgan fingerprint density at radius 2 is 2.10 bits per heavy atom. The highest BCUT2D eigenvalue weighted by atomic mass is 19.1. The molecule has 0 saturated heterocycles. The Morgan fingerprint density at radius 1 is 1.45 bits per heavy atom. The van der Waals surface area contributed by atoms with Crippen molar-refractivity contribution in [2.75, 3.05) is 13.7 Å². The van der Waals surface area contributed by atoms with E-state index in [4.69, 9.17) is 9.84 Å². The summed E-state index contributed by atoms with van der Waals surface area (Å²) in [5, 5.41) is 11.9. The van der Waals surface area contributed by atoms with Crippen LogP contribution in [-0.4, -0.2) is 30.8 Å². The van der Waals surface area contributed by atoms with E-state index in [1.807, 2.05) is 20.8 Å². The van der Waals surface area contributed by atoms with E-state index >= 15 is 0 Å². The van der Waals surface area contributed by atoms with E-state index in [0.717, 1.165) is 0 Å². The van der Waals surface area contributed by atoms with Gasteiger partial charge in [0.1, 0.15) is 0 Å². The van der Waals surface area contributed by atoms with Crippen LogP contribution in [0, 0.1) is 11.2 Å². The zero-order chi connectivity index (χ0) is 15.3. The second-order valence-corrected chi connectivity index (χ2v) is 5.75. The minimum absolute atomic E-state index is 0.00500. The topological polar surface area (TPSA) is 58.6 Å². The minimum atomic E-state index is -0.508. The molecule has 20 heavy (non-hydrogen) atoms. The second-order valence-electron chi connectivity index (χ2n) is 5.75. The van der Waals surface area contributed by atoms with Gasteiger partial charge in [-0.2, -0.15) is 0 Å². The summed E-state index contributed by atoms with van der Waals surface area (Å²) >= 11 is 0. The summed E-state index contributed by atoms with van der Waals surface area (Å²) in [5.41, 5.74) is 0.151. The van der Waals surface area contributed by atoms with Crippen molar-refractivity contribution in [1.29, 1.82) is 0 Å². The number of ether oxygens (including phenoxy) is 1. The number of carbonyl (C=O) groups is 1. The van der Waals surface area contributed by atoms with Gasteiger partial charge in [-0.15, -0.1) is 0 Å². The van der Waals surface area contributed by atoms with Gasteiger partial charge in [0.25, 0.3) is 5.91 Å². The van der Waals surface area contributed by atoms with Crippen LogP contribution in [0.5, 0.6) is 5.75 Å². The third-order valence-electron chi connectivity index (χ3n) is 3.18. The lowest BCUT2D eigenvalue weighted by Crippen LogP contribution is -2.44. The lowest BCUT2D eigenvalue weighted by Gasteiger charge is -2.31. The molecule has 0 bridgehead atoms. The Morgan fingerprint density at radius 3 is 2.60 bits per heavy atom. The highest BCUT2D eigenvalue weighted by Crippen LogP contribution is 2.23. The van der Waals surface area contributed by atoms with Gasteiger partial charge in [-0.3, -0.25) is 4.79 Å². The molecule has 0 aliphatic rings. The van der Waals surface area contributed by atoms with Gasteiger partial charge < -0.3 is 15.2 Å². The minimum Gasteiger partial charge on any atom is -0.494 e. The Hall–Kier alpha value is -1.62. The van der Waals surface area contributed by atoms with Crippen LogP contribution in [0.2, 0.25) is 0 Å². The predicted molar refractivity (Wildman–Crippen MR) is 75.4 cm³/mol. The number of aliphatic hydroxyl groups is 1. The first kappa shape index (κ1) is 16.4. The van der Waals surface area contributed by atoms with Gasteiger partial charge in [0.2, 0.25) is 0 Å². The van der Waals surface area contributed by atoms with Crippen molar-refractivity contribution >= 4 is 5.91 Å². The van der Waals surface area contributed by atoms with Gasteiger partial charge in [-0.05, 0) is 30.0 Å². The second kappa shape index (κ2) is 6.70. The van der Waals surface area contributed by atoms with Crippen molar-refractivity contribution in [3.05, 3.63) is 29.6 Å². The van der Waals surface area contributed by atoms with Crippen LogP contribution in [-0.2, 0) is 0 Å². The molecule has 0 heterocycles. The summed E-state index contributed by atoms with van der Waals surface area (Å²) in [6, 6.07) is 3.80. The fourth-order valence-electron chi connectivity index (χ4n) is 1.89. The molecule has 0 aromatic heterocycles. The molecular formula is C15H22FNO3. The predicted octanol–water partition coefficient (Wildman–Crippen LogP) is 2.36. The Balaban J connectivity index is 2.89. The van der Waals surface area contributed by atoms with E-state index in [9.17, 15) is 9.18 Å². The maximum Gasteiger partial charge on any atom is 0.251 e. The quantitative estimate of drug-likeness (QED) is 0.872. The monoisotopic (exact) mass is 283 g/mol. The van der Waals surface area contributed by atoms with Crippen molar-refractivity contribution in [2.45, 2.75) is 33.2 Å². The van der Waals surface area contributed by atoms with Crippen molar-refractivity contribution < 1.29 is 19.0 Å². The number of hydrogen-bond donors (Lipinski definition) is 2. The first-order valence-electron chi connectivity index (χ1n) is 6.55. The van der Waals surface area contributed by atoms with Crippen LogP contribution in [0.25, 0.3) is 0 Å². The summed E-state index contributed by atoms with van der Waals surface area (Å²) < 4.78 is 18.2. The highest BCUT2D eigenvalue weighted by Gasteiger charge is 2.26. The van der Waals surface area contributed by atoms with Crippen molar-refractivity contribution in [3.8, 4) is 5.75 Å². The summed E-state index contributed by atoms with van der Waals surface area (Å²) in [6.07, 6.45) is 0.466. The molecule has 1 amide bonds. The number of carbonyl (C=O) groups excluding carboxylic acids is 1. The lowest BCUT2D eigenvalue weighted by atomic mass is 9.84. The molecule has 5 heteroatoms. The maximum atomic E-state index is 13.3. The van der Waals surface area contributed by atoms with Crippen LogP contribution in [0.4, 0.5) is 4.39 Å². The zero-order valence-electron chi connectivity index (χ0n) is 12.4. The Labute approximate surface area is 119 Å². The van der Waals surface area contributed by atoms with Gasteiger partial charge in [0.05, 0.1) is 7.11 Å². The lowest BCUT2D eigenvalue weighted by molar-refractivity contribution is 0.0884. The summed E-state index contributed by atoms with van der Waals surface area (Å²) in [4.78, 5) is 12.2. The molecule has 0 spiro atoms. The average molecular weight is 283 g/mol. The molecule has 2 N–H and O–H groups in total. The summed E-state index contributed by atoms with van der Waals surface area (Å²) in [5.74, 6) is -0.782. The van der Waals surface area contributed by atoms with Gasteiger partial charge in [-0.1, -0.05) is 20.8 Å². The molecular weight excluding hydrogens is 261 g/mol. The molecule has 1 aromatic rings. The van der Waals surface area contributed by atoms with Gasteiger partial charge in [0, 0.05) is 18.2 Å². The number of benzene rings is 1. The number of nitrogens with one attached hydrogen (secondary N) is 1. The van der Waals surface area contributed by atoms with Crippen LogP contribution in [0.15, 0.2) is 18.2 Å². The standard InChI is InChI=1S/C15H22FNO3/c1-15(2,3)13(7-8-18)17-14(19)10-5-6-11(16)12(9-10)20-4/h5-6,9,13,18H,7-8H2,1-4H3,(H,17,19). The van der Waals surface area contributed by atoms with Crippen LogP contribution < -0.4 is 10.1 Å². The number of hydrogen-bond acceptors (Lipinski definition) is 3. The highest BCUT2D eigenvalue weighted by molar-refractivity contribution is 5.94. The summed E-state index contributed by atoms with van der Waals surface area (Å²) in [6.45, 7) is 5.95. The molecule has 0 radical (unpaired) electrons. The molecule has 1 atom stereocenters. The fourth-order valence-corrected chi connectivity index (χ4v) is 1.89. The average Bonchev–Trinajstić information content (AvgIpc) is 2.37. The van der Waals surface area contributed by atoms with Crippen molar-refractivity contribution in [2.24, 2.45) is 5.41 Å². The van der Waals surface area contributed by atoms with Crippen LogP contribution >= 0.6 is 0 Å².